The van der Waals surface area contributed by atoms with Crippen LogP contribution in [0.1, 0.15) is 16.7 Å². The highest BCUT2D eigenvalue weighted by Crippen LogP contribution is 2.01. The zero-order valence-corrected chi connectivity index (χ0v) is 11.2. The summed E-state index contributed by atoms with van der Waals surface area (Å²) in [5.74, 6) is 6.14. The van der Waals surface area contributed by atoms with Crippen molar-refractivity contribution in [3.63, 3.8) is 0 Å². The third-order valence-corrected chi connectivity index (χ3v) is 2.19. The summed E-state index contributed by atoms with van der Waals surface area (Å²) in [5.41, 5.74) is 2.68. The Morgan fingerprint density at radius 2 is 1.84 bits per heavy atom. The molecular weight excluding hydrogens is 260 g/mol. The Morgan fingerprint density at radius 3 is 2.58 bits per heavy atom. The molecule has 2 rings (SSSR count). The highest BCUT2D eigenvalue weighted by molar-refractivity contribution is 5.85. The van der Waals surface area contributed by atoms with Crippen LogP contribution in [0.3, 0.4) is 0 Å². The van der Waals surface area contributed by atoms with Gasteiger partial charge in [-0.15, -0.1) is 12.4 Å². The number of benzene rings is 1. The molecule has 0 spiro atoms. The molecule has 0 aliphatic rings. The molecule has 0 aliphatic heterocycles. The zero-order valence-electron chi connectivity index (χ0n) is 10.4. The second-order valence-corrected chi connectivity index (χ2v) is 3.54. The number of hydrogen-bond donors (Lipinski definition) is 0. The summed E-state index contributed by atoms with van der Waals surface area (Å²) in [4.78, 5) is 8.72. The summed E-state index contributed by atoms with van der Waals surface area (Å²) >= 11 is 0. The number of hydrogen-bond acceptors (Lipinski definition) is 3. The number of oxime groups is 1. The van der Waals surface area contributed by atoms with Gasteiger partial charge in [0.1, 0.15) is 7.11 Å². The lowest BCUT2D eigenvalue weighted by Gasteiger charge is -1.93. The van der Waals surface area contributed by atoms with Crippen molar-refractivity contribution in [1.29, 1.82) is 0 Å². The first-order valence-electron chi connectivity index (χ1n) is 5.47. The van der Waals surface area contributed by atoms with Crippen LogP contribution in [0, 0.1) is 11.8 Å². The molecule has 1 aromatic heterocycles. The van der Waals surface area contributed by atoms with Gasteiger partial charge in [-0.3, -0.25) is 4.98 Å². The van der Waals surface area contributed by atoms with Crippen molar-refractivity contribution in [3.05, 3.63) is 65.5 Å². The van der Waals surface area contributed by atoms with E-state index >= 15 is 0 Å². The average Bonchev–Trinajstić information content (AvgIpc) is 2.44. The molecule has 0 aliphatic carbocycles. The number of halogens is 1. The van der Waals surface area contributed by atoms with Crippen molar-refractivity contribution < 1.29 is 4.84 Å². The third kappa shape index (κ3) is 4.82. The molecule has 2 aromatic rings. The third-order valence-electron chi connectivity index (χ3n) is 2.19. The first-order valence-corrected chi connectivity index (χ1v) is 5.47. The summed E-state index contributed by atoms with van der Waals surface area (Å²) in [5, 5.41) is 3.69. The summed E-state index contributed by atoms with van der Waals surface area (Å²) < 4.78 is 0. The molecule has 0 fully saturated rings. The van der Waals surface area contributed by atoms with E-state index in [4.69, 9.17) is 0 Å². The van der Waals surface area contributed by atoms with E-state index in [1.54, 1.807) is 18.6 Å². The van der Waals surface area contributed by atoms with E-state index in [0.29, 0.717) is 0 Å². The van der Waals surface area contributed by atoms with Crippen LogP contribution in [-0.4, -0.2) is 18.3 Å². The molecule has 19 heavy (non-hydrogen) atoms. The van der Waals surface area contributed by atoms with E-state index in [2.05, 4.69) is 26.8 Å². The molecule has 1 heterocycles. The Morgan fingerprint density at radius 1 is 1.11 bits per heavy atom. The minimum atomic E-state index is 0. The van der Waals surface area contributed by atoms with Crippen LogP contribution in [0.5, 0.6) is 0 Å². The fraction of sp³-hybridized carbons (Fsp3) is 0.0667. The normalized spacial score (nSPS) is 9.32. The van der Waals surface area contributed by atoms with Crippen LogP contribution in [0.25, 0.3) is 0 Å². The Labute approximate surface area is 118 Å². The molecule has 0 amide bonds. The highest BCUT2D eigenvalue weighted by atomic mass is 35.5. The van der Waals surface area contributed by atoms with E-state index in [1.807, 2.05) is 36.4 Å². The minimum absolute atomic E-state index is 0. The van der Waals surface area contributed by atoms with Gasteiger partial charge in [0, 0.05) is 29.1 Å². The van der Waals surface area contributed by atoms with E-state index in [0.717, 1.165) is 16.7 Å². The maximum atomic E-state index is 4.62. The SMILES string of the molecule is CO/N=C\c1cncc(C#Cc2ccccc2)c1.Cl. The van der Waals surface area contributed by atoms with Crippen molar-refractivity contribution >= 4 is 18.6 Å². The van der Waals surface area contributed by atoms with Crippen molar-refractivity contribution in [3.8, 4) is 11.8 Å². The minimum Gasteiger partial charge on any atom is -0.399 e. The predicted octanol–water partition coefficient (Wildman–Crippen LogP) is 2.88. The topological polar surface area (TPSA) is 34.5 Å². The smallest absolute Gasteiger partial charge is 0.106 e. The molecule has 4 heteroatoms. The van der Waals surface area contributed by atoms with Gasteiger partial charge in [-0.2, -0.15) is 0 Å². The quantitative estimate of drug-likeness (QED) is 0.479. The van der Waals surface area contributed by atoms with Crippen LogP contribution >= 0.6 is 12.4 Å². The molecule has 0 N–H and O–H groups in total. The largest absolute Gasteiger partial charge is 0.399 e. The highest BCUT2D eigenvalue weighted by Gasteiger charge is 1.91. The van der Waals surface area contributed by atoms with E-state index in [9.17, 15) is 0 Å². The predicted molar refractivity (Wildman–Crippen MR) is 78.5 cm³/mol. The van der Waals surface area contributed by atoms with E-state index in [1.165, 1.54) is 7.11 Å². The van der Waals surface area contributed by atoms with Crippen molar-refractivity contribution in [2.24, 2.45) is 5.16 Å². The van der Waals surface area contributed by atoms with Gasteiger partial charge in [0.25, 0.3) is 0 Å². The van der Waals surface area contributed by atoms with Gasteiger partial charge in [-0.25, -0.2) is 0 Å². The van der Waals surface area contributed by atoms with Crippen molar-refractivity contribution in [2.45, 2.75) is 0 Å². The number of rotatable bonds is 2. The van der Waals surface area contributed by atoms with Crippen LogP contribution < -0.4 is 0 Å². The maximum Gasteiger partial charge on any atom is 0.106 e. The fourth-order valence-corrected chi connectivity index (χ4v) is 1.38. The Kier molecular flexibility index (Phi) is 6.14. The lowest BCUT2D eigenvalue weighted by molar-refractivity contribution is 0.215. The molecule has 0 saturated carbocycles. The zero-order chi connectivity index (χ0) is 12.6. The Bertz CT molecular complexity index is 600. The van der Waals surface area contributed by atoms with Crippen LogP contribution in [-0.2, 0) is 4.84 Å². The molecular formula is C15H13ClN2O. The standard InChI is InChI=1S/C15H12N2O.ClH/c1-18-17-12-15-9-14(10-16-11-15)8-7-13-5-3-2-4-6-13;/h2-6,9-12H,1H3;1H/b17-12-;. The van der Waals surface area contributed by atoms with Crippen LogP contribution in [0.4, 0.5) is 0 Å². The first-order chi connectivity index (χ1) is 8.88. The lowest BCUT2D eigenvalue weighted by Crippen LogP contribution is -1.86. The van der Waals surface area contributed by atoms with Gasteiger partial charge in [0.15, 0.2) is 0 Å². The molecule has 3 nitrogen and oxygen atoms in total. The summed E-state index contributed by atoms with van der Waals surface area (Å²) in [7, 11) is 1.50. The second kappa shape index (κ2) is 7.91. The Balaban J connectivity index is 0.00000180. The number of pyridine rings is 1. The molecule has 96 valence electrons. The summed E-state index contributed by atoms with van der Waals surface area (Å²) in [6.07, 6.45) is 5.02. The second-order valence-electron chi connectivity index (χ2n) is 3.54. The monoisotopic (exact) mass is 272 g/mol. The molecule has 1 aromatic carbocycles. The maximum absolute atomic E-state index is 4.62. The first kappa shape index (κ1) is 14.7. The van der Waals surface area contributed by atoms with Crippen molar-refractivity contribution in [2.75, 3.05) is 7.11 Å². The summed E-state index contributed by atoms with van der Waals surface area (Å²) in [6.45, 7) is 0. The average molecular weight is 273 g/mol. The summed E-state index contributed by atoms with van der Waals surface area (Å²) in [6, 6.07) is 11.7. The molecule has 0 radical (unpaired) electrons. The van der Waals surface area contributed by atoms with Gasteiger partial charge in [-0.05, 0) is 18.2 Å². The molecule has 0 saturated heterocycles. The lowest BCUT2D eigenvalue weighted by atomic mass is 10.2. The van der Waals surface area contributed by atoms with Gasteiger partial charge in [-0.1, -0.05) is 35.2 Å². The van der Waals surface area contributed by atoms with Gasteiger partial charge >= 0.3 is 0 Å². The molecule has 0 unspecified atom stereocenters. The number of aromatic nitrogens is 1. The molecule has 0 atom stereocenters. The van der Waals surface area contributed by atoms with Gasteiger partial charge in [0.05, 0.1) is 6.21 Å². The van der Waals surface area contributed by atoms with Crippen LogP contribution in [0.2, 0.25) is 0 Å². The van der Waals surface area contributed by atoms with Gasteiger partial charge < -0.3 is 4.84 Å². The van der Waals surface area contributed by atoms with Crippen LogP contribution in [0.15, 0.2) is 53.9 Å². The fourth-order valence-electron chi connectivity index (χ4n) is 1.38. The number of nitrogens with zero attached hydrogens (tertiary/aromatic N) is 2. The van der Waals surface area contributed by atoms with Crippen molar-refractivity contribution in [1.82, 2.24) is 4.98 Å². The van der Waals surface area contributed by atoms with E-state index < -0.39 is 0 Å². The van der Waals surface area contributed by atoms with Gasteiger partial charge in [0.2, 0.25) is 0 Å². The van der Waals surface area contributed by atoms with E-state index in [-0.39, 0.29) is 12.4 Å². The Hall–Kier alpha value is -2.31. The molecule has 0 bridgehead atoms.